The predicted octanol–water partition coefficient (Wildman–Crippen LogP) is 3.26. The minimum absolute atomic E-state index is 0.166. The number of piperidine rings is 1. The number of carbonyl (C=O) groups excluding carboxylic acids is 1. The van der Waals surface area contributed by atoms with Gasteiger partial charge in [0.15, 0.2) is 0 Å². The van der Waals surface area contributed by atoms with E-state index in [9.17, 15) is 4.79 Å². The molecule has 0 atom stereocenters. The first-order valence-electron chi connectivity index (χ1n) is 7.89. The average Bonchev–Trinajstić information content (AvgIpc) is 2.95. The number of thiazole rings is 1. The van der Waals surface area contributed by atoms with Gasteiger partial charge in [-0.05, 0) is 44.7 Å². The number of pyridine rings is 1. The van der Waals surface area contributed by atoms with Gasteiger partial charge in [-0.25, -0.2) is 4.98 Å². The molecule has 1 aliphatic heterocycles. The minimum atomic E-state index is 0.166. The van der Waals surface area contributed by atoms with Crippen LogP contribution in [0, 0.1) is 6.92 Å². The van der Waals surface area contributed by atoms with E-state index in [0.29, 0.717) is 0 Å². The number of amides is 1. The number of aromatic nitrogens is 2. The van der Waals surface area contributed by atoms with Crippen LogP contribution < -0.4 is 0 Å². The molecule has 1 saturated heterocycles. The first-order valence-corrected chi connectivity index (χ1v) is 8.71. The maximum Gasteiger partial charge on any atom is 0.265 e. The first-order chi connectivity index (χ1) is 10.7. The van der Waals surface area contributed by atoms with Crippen molar-refractivity contribution in [1.29, 1.82) is 0 Å². The predicted molar refractivity (Wildman–Crippen MR) is 88.3 cm³/mol. The Morgan fingerprint density at radius 1 is 1.23 bits per heavy atom. The van der Waals surface area contributed by atoms with Crippen LogP contribution in [0.2, 0.25) is 0 Å². The zero-order valence-corrected chi connectivity index (χ0v) is 13.7. The van der Waals surface area contributed by atoms with Crippen LogP contribution in [0.15, 0.2) is 24.4 Å². The van der Waals surface area contributed by atoms with Gasteiger partial charge in [-0.3, -0.25) is 9.78 Å². The Hall–Kier alpha value is -1.75. The summed E-state index contributed by atoms with van der Waals surface area (Å²) in [5.74, 6) is 0.166. The maximum atomic E-state index is 12.6. The number of rotatable bonds is 4. The van der Waals surface area contributed by atoms with Crippen LogP contribution in [0.4, 0.5) is 0 Å². The van der Waals surface area contributed by atoms with E-state index in [1.807, 2.05) is 36.2 Å². The minimum Gasteiger partial charge on any atom is -0.338 e. The highest BCUT2D eigenvalue weighted by molar-refractivity contribution is 7.13. The molecule has 22 heavy (non-hydrogen) atoms. The molecule has 0 N–H and O–H groups in total. The number of nitrogens with zero attached hydrogens (tertiary/aromatic N) is 3. The third-order valence-electron chi connectivity index (χ3n) is 4.00. The van der Waals surface area contributed by atoms with Gasteiger partial charge in [-0.2, -0.15) is 0 Å². The van der Waals surface area contributed by atoms with Crippen LogP contribution in [0.25, 0.3) is 0 Å². The molecule has 3 rings (SSSR count). The van der Waals surface area contributed by atoms with Gasteiger partial charge in [0.1, 0.15) is 4.88 Å². The van der Waals surface area contributed by atoms with Gasteiger partial charge < -0.3 is 4.90 Å². The van der Waals surface area contributed by atoms with Gasteiger partial charge in [0, 0.05) is 31.4 Å². The highest BCUT2D eigenvalue weighted by atomic mass is 32.1. The molecular weight excluding hydrogens is 294 g/mol. The maximum absolute atomic E-state index is 12.6. The molecule has 0 aromatic carbocycles. The lowest BCUT2D eigenvalue weighted by Crippen LogP contribution is -2.35. The molecule has 0 bridgehead atoms. The van der Waals surface area contributed by atoms with Crippen LogP contribution in [-0.2, 0) is 12.8 Å². The van der Waals surface area contributed by atoms with Crippen molar-refractivity contribution in [2.24, 2.45) is 0 Å². The molecule has 0 aliphatic carbocycles. The fourth-order valence-electron chi connectivity index (χ4n) is 2.78. The highest BCUT2D eigenvalue weighted by Crippen LogP contribution is 2.23. The summed E-state index contributed by atoms with van der Waals surface area (Å²) < 4.78 is 0. The van der Waals surface area contributed by atoms with E-state index >= 15 is 0 Å². The van der Waals surface area contributed by atoms with Gasteiger partial charge in [-0.15, -0.1) is 11.3 Å². The molecular formula is C17H21N3OS. The van der Waals surface area contributed by atoms with Crippen molar-refractivity contribution in [1.82, 2.24) is 14.9 Å². The Labute approximate surface area is 135 Å². The van der Waals surface area contributed by atoms with Crippen LogP contribution in [0.5, 0.6) is 0 Å². The van der Waals surface area contributed by atoms with Crippen molar-refractivity contribution in [3.63, 3.8) is 0 Å². The van der Waals surface area contributed by atoms with E-state index in [-0.39, 0.29) is 5.91 Å². The van der Waals surface area contributed by atoms with E-state index in [0.717, 1.165) is 60.0 Å². The molecule has 116 valence electrons. The number of carbonyl (C=O) groups is 1. The second kappa shape index (κ2) is 7.01. The van der Waals surface area contributed by atoms with Crippen LogP contribution in [0.1, 0.15) is 45.3 Å². The lowest BCUT2D eigenvalue weighted by molar-refractivity contribution is 0.0728. The van der Waals surface area contributed by atoms with Crippen molar-refractivity contribution in [3.05, 3.63) is 45.7 Å². The third kappa shape index (κ3) is 3.53. The van der Waals surface area contributed by atoms with Gasteiger partial charge in [0.2, 0.25) is 0 Å². The van der Waals surface area contributed by atoms with Gasteiger partial charge in [0.25, 0.3) is 5.91 Å². The van der Waals surface area contributed by atoms with E-state index in [2.05, 4.69) is 9.97 Å². The normalized spacial score (nSPS) is 15.0. The molecule has 0 saturated carbocycles. The van der Waals surface area contributed by atoms with Crippen molar-refractivity contribution in [2.75, 3.05) is 13.1 Å². The molecule has 0 unspecified atom stereocenters. The van der Waals surface area contributed by atoms with E-state index in [1.54, 1.807) is 11.3 Å². The number of aryl methyl sites for hydroxylation is 3. The first kappa shape index (κ1) is 15.2. The molecule has 2 aromatic rings. The summed E-state index contributed by atoms with van der Waals surface area (Å²) in [5.41, 5.74) is 1.94. The quantitative estimate of drug-likeness (QED) is 0.870. The molecule has 3 heterocycles. The van der Waals surface area contributed by atoms with E-state index in [1.165, 1.54) is 6.42 Å². The lowest BCUT2D eigenvalue weighted by Gasteiger charge is -2.26. The van der Waals surface area contributed by atoms with E-state index < -0.39 is 0 Å². The van der Waals surface area contributed by atoms with Crippen molar-refractivity contribution in [2.45, 2.75) is 39.0 Å². The molecule has 0 radical (unpaired) electrons. The molecule has 1 fully saturated rings. The van der Waals surface area contributed by atoms with Crippen LogP contribution >= 0.6 is 11.3 Å². The molecule has 0 spiro atoms. The molecule has 2 aromatic heterocycles. The fourth-order valence-corrected chi connectivity index (χ4v) is 3.81. The topological polar surface area (TPSA) is 46.1 Å². The van der Waals surface area contributed by atoms with Gasteiger partial charge >= 0.3 is 0 Å². The molecule has 4 nitrogen and oxygen atoms in total. The van der Waals surface area contributed by atoms with Crippen LogP contribution in [-0.4, -0.2) is 33.9 Å². The summed E-state index contributed by atoms with van der Waals surface area (Å²) >= 11 is 1.55. The smallest absolute Gasteiger partial charge is 0.265 e. The largest absolute Gasteiger partial charge is 0.338 e. The third-order valence-corrected chi connectivity index (χ3v) is 5.20. The number of likely N-dealkylation sites (tertiary alicyclic amines) is 1. The molecule has 1 amide bonds. The summed E-state index contributed by atoms with van der Waals surface area (Å²) in [4.78, 5) is 24.3. The summed E-state index contributed by atoms with van der Waals surface area (Å²) in [6.45, 7) is 3.72. The van der Waals surface area contributed by atoms with Crippen molar-refractivity contribution in [3.8, 4) is 0 Å². The molecule has 5 heteroatoms. The number of hydrogen-bond acceptors (Lipinski definition) is 4. The Kier molecular flexibility index (Phi) is 4.83. The zero-order chi connectivity index (χ0) is 15.4. The second-order valence-corrected chi connectivity index (χ2v) is 6.78. The summed E-state index contributed by atoms with van der Waals surface area (Å²) in [6.07, 6.45) is 7.00. The van der Waals surface area contributed by atoms with Gasteiger partial charge in [0.05, 0.1) is 10.7 Å². The standard InChI is InChI=1S/C17H21N3OS/c1-13-16(17(21)20-11-5-2-6-12-20)22-15(19-13)9-8-14-7-3-4-10-18-14/h3-4,7,10H,2,5-6,8-9,11-12H2,1H3. The van der Waals surface area contributed by atoms with E-state index in [4.69, 9.17) is 0 Å². The summed E-state index contributed by atoms with van der Waals surface area (Å²) in [5, 5.41) is 1.03. The van der Waals surface area contributed by atoms with Crippen molar-refractivity contribution >= 4 is 17.2 Å². The highest BCUT2D eigenvalue weighted by Gasteiger charge is 2.22. The average molecular weight is 315 g/mol. The number of hydrogen-bond donors (Lipinski definition) is 0. The summed E-state index contributed by atoms with van der Waals surface area (Å²) in [7, 11) is 0. The van der Waals surface area contributed by atoms with Crippen molar-refractivity contribution < 1.29 is 4.79 Å². The van der Waals surface area contributed by atoms with Crippen LogP contribution in [0.3, 0.4) is 0 Å². The Morgan fingerprint density at radius 3 is 2.77 bits per heavy atom. The Morgan fingerprint density at radius 2 is 2.05 bits per heavy atom. The summed E-state index contributed by atoms with van der Waals surface area (Å²) in [6, 6.07) is 5.95. The second-order valence-electron chi connectivity index (χ2n) is 5.70. The monoisotopic (exact) mass is 315 g/mol. The molecule has 1 aliphatic rings. The SMILES string of the molecule is Cc1nc(CCc2ccccn2)sc1C(=O)N1CCCCC1. The zero-order valence-electron chi connectivity index (χ0n) is 12.9. The fraction of sp³-hybridized carbons (Fsp3) is 0.471. The lowest BCUT2D eigenvalue weighted by atomic mass is 10.1. The Bertz CT molecular complexity index is 633. The van der Waals surface area contributed by atoms with Gasteiger partial charge in [-0.1, -0.05) is 6.07 Å². The Balaban J connectivity index is 1.66.